The summed E-state index contributed by atoms with van der Waals surface area (Å²) in [5, 5.41) is 6.94. The number of aliphatic imine (C=N–C) groups is 1. The highest BCUT2D eigenvalue weighted by atomic mass is 127. The van der Waals surface area contributed by atoms with E-state index in [1.807, 2.05) is 6.07 Å². The molecule has 2 fully saturated rings. The number of benzene rings is 2. The third-order valence-corrected chi connectivity index (χ3v) is 8.48. The van der Waals surface area contributed by atoms with Crippen molar-refractivity contribution < 1.29 is 8.42 Å². The Hall–Kier alpha value is -1.65. The predicted molar refractivity (Wildman–Crippen MR) is 140 cm³/mol. The standard InChI is InChI=1S/C24H32N4O2S.HI/c1-25-23(27-19-24(14-15-24)21-8-4-2-5-9-21)26-18-20-12-16-28(17-13-20)31(29,30)22-10-6-3-7-11-22;/h2-11,20H,12-19H2,1H3,(H2,25,26,27);1H. The van der Waals surface area contributed by atoms with Crippen molar-refractivity contribution in [2.45, 2.75) is 36.0 Å². The van der Waals surface area contributed by atoms with Crippen LogP contribution in [0.15, 0.2) is 70.6 Å². The molecule has 1 saturated heterocycles. The second kappa shape index (κ2) is 11.0. The van der Waals surface area contributed by atoms with E-state index in [9.17, 15) is 8.42 Å². The zero-order chi connectivity index (χ0) is 21.7. The van der Waals surface area contributed by atoms with E-state index in [-0.39, 0.29) is 29.4 Å². The van der Waals surface area contributed by atoms with E-state index in [1.54, 1.807) is 35.6 Å². The first-order valence-corrected chi connectivity index (χ1v) is 12.5. The molecule has 1 heterocycles. The molecule has 0 amide bonds. The number of nitrogens with one attached hydrogen (secondary N) is 2. The summed E-state index contributed by atoms with van der Waals surface area (Å²) in [7, 11) is -1.59. The van der Waals surface area contributed by atoms with Crippen LogP contribution in [0, 0.1) is 5.92 Å². The van der Waals surface area contributed by atoms with Crippen LogP contribution in [0.1, 0.15) is 31.2 Å². The first-order valence-electron chi connectivity index (χ1n) is 11.1. The Labute approximate surface area is 209 Å². The van der Waals surface area contributed by atoms with Crippen molar-refractivity contribution in [3.05, 3.63) is 66.2 Å². The van der Waals surface area contributed by atoms with Crippen molar-refractivity contribution in [2.24, 2.45) is 10.9 Å². The Bertz CT molecular complexity index is 987. The van der Waals surface area contributed by atoms with Crippen molar-refractivity contribution in [2.75, 3.05) is 33.2 Å². The molecule has 0 radical (unpaired) electrons. The molecule has 2 aromatic carbocycles. The van der Waals surface area contributed by atoms with Crippen LogP contribution in [-0.2, 0) is 15.4 Å². The fourth-order valence-electron chi connectivity index (χ4n) is 4.32. The number of sulfonamides is 1. The summed E-state index contributed by atoms with van der Waals surface area (Å²) in [4.78, 5) is 4.76. The highest BCUT2D eigenvalue weighted by molar-refractivity contribution is 14.0. The summed E-state index contributed by atoms with van der Waals surface area (Å²) in [5.41, 5.74) is 1.63. The van der Waals surface area contributed by atoms with Crippen LogP contribution >= 0.6 is 24.0 Å². The van der Waals surface area contributed by atoms with Gasteiger partial charge in [0.05, 0.1) is 4.90 Å². The summed E-state index contributed by atoms with van der Waals surface area (Å²) >= 11 is 0. The van der Waals surface area contributed by atoms with E-state index in [4.69, 9.17) is 0 Å². The minimum absolute atomic E-state index is 0. The molecule has 2 aromatic rings. The largest absolute Gasteiger partial charge is 0.356 e. The van der Waals surface area contributed by atoms with Gasteiger partial charge < -0.3 is 10.6 Å². The molecule has 4 rings (SSSR count). The lowest BCUT2D eigenvalue weighted by Gasteiger charge is -2.31. The maximum atomic E-state index is 12.8. The Balaban J connectivity index is 0.00000289. The van der Waals surface area contributed by atoms with Crippen LogP contribution in [0.4, 0.5) is 0 Å². The molecule has 174 valence electrons. The minimum Gasteiger partial charge on any atom is -0.356 e. The van der Waals surface area contributed by atoms with Gasteiger partial charge in [0.25, 0.3) is 0 Å². The molecule has 0 bridgehead atoms. The number of hydrogen-bond donors (Lipinski definition) is 2. The van der Waals surface area contributed by atoms with Gasteiger partial charge in [0.2, 0.25) is 10.0 Å². The lowest BCUT2D eigenvalue weighted by atomic mass is 9.96. The number of piperidine rings is 1. The third-order valence-electron chi connectivity index (χ3n) is 6.57. The molecule has 0 aromatic heterocycles. The van der Waals surface area contributed by atoms with Gasteiger partial charge >= 0.3 is 0 Å². The van der Waals surface area contributed by atoms with Crippen LogP contribution in [0.25, 0.3) is 0 Å². The average Bonchev–Trinajstić information content (AvgIpc) is 3.62. The number of guanidine groups is 1. The number of rotatable bonds is 7. The summed E-state index contributed by atoms with van der Waals surface area (Å²) in [6.07, 6.45) is 4.11. The number of hydrogen-bond acceptors (Lipinski definition) is 3. The molecule has 2 N–H and O–H groups in total. The molecule has 1 aliphatic carbocycles. The summed E-state index contributed by atoms with van der Waals surface area (Å²) in [6.45, 7) is 2.81. The van der Waals surface area contributed by atoms with Crippen LogP contribution in [0.3, 0.4) is 0 Å². The Kier molecular flexibility index (Phi) is 8.57. The van der Waals surface area contributed by atoms with E-state index < -0.39 is 10.0 Å². The Morgan fingerprint density at radius 3 is 2.16 bits per heavy atom. The highest BCUT2D eigenvalue weighted by Gasteiger charge is 2.44. The van der Waals surface area contributed by atoms with Gasteiger partial charge in [-0.15, -0.1) is 24.0 Å². The predicted octanol–water partition coefficient (Wildman–Crippen LogP) is 3.60. The molecule has 0 spiro atoms. The average molecular weight is 569 g/mol. The van der Waals surface area contributed by atoms with Crippen molar-refractivity contribution in [3.8, 4) is 0 Å². The van der Waals surface area contributed by atoms with Crippen molar-refractivity contribution in [1.82, 2.24) is 14.9 Å². The molecular weight excluding hydrogens is 535 g/mol. The first-order chi connectivity index (χ1) is 15.0. The second-order valence-electron chi connectivity index (χ2n) is 8.61. The molecule has 0 atom stereocenters. The smallest absolute Gasteiger partial charge is 0.243 e. The van der Waals surface area contributed by atoms with Gasteiger partial charge in [-0.3, -0.25) is 4.99 Å². The molecule has 1 aliphatic heterocycles. The van der Waals surface area contributed by atoms with Gasteiger partial charge in [-0.25, -0.2) is 8.42 Å². The monoisotopic (exact) mass is 568 g/mol. The Morgan fingerprint density at radius 2 is 1.59 bits per heavy atom. The van der Waals surface area contributed by atoms with E-state index >= 15 is 0 Å². The molecule has 8 heteroatoms. The summed E-state index contributed by atoms with van der Waals surface area (Å²) in [5.74, 6) is 1.26. The van der Waals surface area contributed by atoms with E-state index in [0.717, 1.165) is 31.9 Å². The number of nitrogens with zero attached hydrogens (tertiary/aromatic N) is 2. The molecule has 32 heavy (non-hydrogen) atoms. The zero-order valence-corrected chi connectivity index (χ0v) is 21.7. The van der Waals surface area contributed by atoms with Gasteiger partial charge in [-0.2, -0.15) is 4.31 Å². The molecule has 1 saturated carbocycles. The van der Waals surface area contributed by atoms with Crippen LogP contribution in [-0.4, -0.2) is 51.9 Å². The minimum atomic E-state index is -3.39. The maximum absolute atomic E-state index is 12.8. The molecule has 0 unspecified atom stereocenters. The lowest BCUT2D eigenvalue weighted by molar-refractivity contribution is 0.273. The molecule has 6 nitrogen and oxygen atoms in total. The van der Waals surface area contributed by atoms with Crippen LogP contribution < -0.4 is 10.6 Å². The Morgan fingerprint density at radius 1 is 1.00 bits per heavy atom. The van der Waals surface area contributed by atoms with E-state index in [0.29, 0.717) is 23.9 Å². The van der Waals surface area contributed by atoms with Crippen LogP contribution in [0.2, 0.25) is 0 Å². The topological polar surface area (TPSA) is 73.8 Å². The maximum Gasteiger partial charge on any atom is 0.243 e. The summed E-state index contributed by atoms with van der Waals surface area (Å²) < 4.78 is 27.2. The third kappa shape index (κ3) is 5.82. The van der Waals surface area contributed by atoms with Gasteiger partial charge in [0, 0.05) is 38.6 Å². The SMILES string of the molecule is CN=C(NCC1CCN(S(=O)(=O)c2ccccc2)CC1)NCC1(c2ccccc2)CC1.I. The van der Waals surface area contributed by atoms with Gasteiger partial charge in [0.15, 0.2) is 5.96 Å². The van der Waals surface area contributed by atoms with Crippen LogP contribution in [0.5, 0.6) is 0 Å². The lowest BCUT2D eigenvalue weighted by Crippen LogP contribution is -2.45. The quantitative estimate of drug-likeness (QED) is 0.304. The highest BCUT2D eigenvalue weighted by Crippen LogP contribution is 2.47. The first kappa shape index (κ1) is 25.0. The summed E-state index contributed by atoms with van der Waals surface area (Å²) in [6, 6.07) is 19.4. The fourth-order valence-corrected chi connectivity index (χ4v) is 5.81. The number of halogens is 1. The second-order valence-corrected chi connectivity index (χ2v) is 10.6. The van der Waals surface area contributed by atoms with Crippen molar-refractivity contribution >= 4 is 40.0 Å². The van der Waals surface area contributed by atoms with E-state index in [2.05, 4.69) is 46.0 Å². The van der Waals surface area contributed by atoms with Gasteiger partial charge in [-0.1, -0.05) is 48.5 Å². The van der Waals surface area contributed by atoms with Crippen molar-refractivity contribution in [1.29, 1.82) is 0 Å². The molecular formula is C24H33IN4O2S. The van der Waals surface area contributed by atoms with Crippen molar-refractivity contribution in [3.63, 3.8) is 0 Å². The fraction of sp³-hybridized carbons (Fsp3) is 0.458. The van der Waals surface area contributed by atoms with E-state index in [1.165, 1.54) is 18.4 Å². The molecule has 2 aliphatic rings. The zero-order valence-electron chi connectivity index (χ0n) is 18.5. The van der Waals surface area contributed by atoms with Gasteiger partial charge in [-0.05, 0) is 49.3 Å². The normalized spacial score (nSPS) is 19.1. The van der Waals surface area contributed by atoms with Gasteiger partial charge in [0.1, 0.15) is 0 Å².